The first-order valence-electron chi connectivity index (χ1n) is 8.44. The molecule has 142 valence electrons. The van der Waals surface area contributed by atoms with Crippen molar-refractivity contribution < 1.29 is 21.6 Å². The normalized spacial score (nSPS) is 18.0. The van der Waals surface area contributed by atoms with E-state index in [0.717, 1.165) is 17.7 Å². The van der Waals surface area contributed by atoms with Crippen LogP contribution in [0.2, 0.25) is 0 Å². The van der Waals surface area contributed by atoms with Crippen molar-refractivity contribution >= 4 is 10.0 Å². The lowest BCUT2D eigenvalue weighted by atomic mass is 10.1. The molecule has 0 saturated carbocycles. The Kier molecular flexibility index (Phi) is 6.51. The molecule has 1 aliphatic heterocycles. The third-order valence-electron chi connectivity index (χ3n) is 4.37. The highest BCUT2D eigenvalue weighted by molar-refractivity contribution is 7.89. The van der Waals surface area contributed by atoms with Crippen LogP contribution in [-0.2, 0) is 22.7 Å². The minimum atomic E-state index is -4.32. The summed E-state index contributed by atoms with van der Waals surface area (Å²) in [5, 5.41) is 0. The zero-order valence-corrected chi connectivity index (χ0v) is 15.4. The van der Waals surface area contributed by atoms with E-state index in [0.29, 0.717) is 45.1 Å². The Morgan fingerprint density at radius 2 is 1.60 bits per heavy atom. The summed E-state index contributed by atoms with van der Waals surface area (Å²) in [4.78, 5) is 2.07. The van der Waals surface area contributed by atoms with Crippen LogP contribution in [0, 0.1) is 5.92 Å². The number of nitrogens with zero attached hydrogens (tertiary/aromatic N) is 2. The van der Waals surface area contributed by atoms with Crippen LogP contribution in [0.4, 0.5) is 13.2 Å². The van der Waals surface area contributed by atoms with Crippen molar-refractivity contribution in [2.45, 2.75) is 33.0 Å². The fourth-order valence-corrected chi connectivity index (χ4v) is 4.48. The molecule has 8 heteroatoms. The number of alkyl halides is 3. The molecule has 0 spiro atoms. The highest BCUT2D eigenvalue weighted by Crippen LogP contribution is 2.29. The van der Waals surface area contributed by atoms with Gasteiger partial charge in [-0.25, -0.2) is 8.42 Å². The zero-order chi connectivity index (χ0) is 18.7. The van der Waals surface area contributed by atoms with Crippen molar-refractivity contribution in [3.05, 3.63) is 35.4 Å². The third kappa shape index (κ3) is 5.97. The first kappa shape index (κ1) is 20.2. The summed E-state index contributed by atoms with van der Waals surface area (Å²) in [5.74, 6) is 0.513. The summed E-state index contributed by atoms with van der Waals surface area (Å²) in [5.41, 5.74) is 0.140. The molecule has 0 N–H and O–H groups in total. The zero-order valence-electron chi connectivity index (χ0n) is 14.6. The van der Waals surface area contributed by atoms with Crippen LogP contribution in [0.25, 0.3) is 0 Å². The van der Waals surface area contributed by atoms with Gasteiger partial charge in [0.1, 0.15) is 0 Å². The summed E-state index contributed by atoms with van der Waals surface area (Å²) >= 11 is 0. The van der Waals surface area contributed by atoms with Crippen molar-refractivity contribution in [1.82, 2.24) is 9.21 Å². The molecule has 0 aromatic heterocycles. The topological polar surface area (TPSA) is 40.6 Å². The number of piperazine rings is 1. The summed E-state index contributed by atoms with van der Waals surface area (Å²) in [6, 6.07) is 5.13. The summed E-state index contributed by atoms with van der Waals surface area (Å²) in [6.07, 6.45) is -3.68. The van der Waals surface area contributed by atoms with Crippen LogP contribution >= 0.6 is 0 Å². The number of hydrogen-bond donors (Lipinski definition) is 0. The van der Waals surface area contributed by atoms with Gasteiger partial charge in [0.15, 0.2) is 0 Å². The van der Waals surface area contributed by atoms with Crippen LogP contribution < -0.4 is 0 Å². The number of halogens is 3. The lowest BCUT2D eigenvalue weighted by molar-refractivity contribution is -0.137. The molecule has 1 aromatic carbocycles. The minimum absolute atomic E-state index is 0.170. The Balaban J connectivity index is 1.86. The SMILES string of the molecule is CC(C)CCS(=O)(=O)N1CCN(Cc2ccc(C(F)(F)F)cc2)CC1. The molecule has 0 atom stereocenters. The molecular formula is C17H25F3N2O2S. The molecule has 1 fully saturated rings. The maximum Gasteiger partial charge on any atom is 0.416 e. The van der Waals surface area contributed by atoms with Gasteiger partial charge < -0.3 is 0 Å². The molecule has 0 aliphatic carbocycles. The summed E-state index contributed by atoms with van der Waals surface area (Å²) in [7, 11) is -3.22. The number of hydrogen-bond acceptors (Lipinski definition) is 3. The Labute approximate surface area is 147 Å². The minimum Gasteiger partial charge on any atom is -0.296 e. The van der Waals surface area contributed by atoms with Crippen molar-refractivity contribution in [3.63, 3.8) is 0 Å². The maximum atomic E-state index is 12.6. The van der Waals surface area contributed by atoms with Crippen LogP contribution in [-0.4, -0.2) is 49.6 Å². The maximum absolute atomic E-state index is 12.6. The lowest BCUT2D eigenvalue weighted by Gasteiger charge is -2.34. The Hall–Kier alpha value is -1.12. The highest BCUT2D eigenvalue weighted by atomic mass is 32.2. The Bertz CT molecular complexity index is 649. The Morgan fingerprint density at radius 1 is 1.04 bits per heavy atom. The van der Waals surface area contributed by atoms with Crippen molar-refractivity contribution in [2.24, 2.45) is 5.92 Å². The molecule has 1 aromatic rings. The molecule has 1 heterocycles. The van der Waals surface area contributed by atoms with E-state index in [1.54, 1.807) is 0 Å². The van der Waals surface area contributed by atoms with E-state index in [9.17, 15) is 21.6 Å². The molecule has 1 aliphatic rings. The number of rotatable bonds is 6. The van der Waals surface area contributed by atoms with Gasteiger partial charge in [-0.05, 0) is 30.0 Å². The molecular weight excluding hydrogens is 353 g/mol. The van der Waals surface area contributed by atoms with Gasteiger partial charge in [0.05, 0.1) is 11.3 Å². The first-order valence-corrected chi connectivity index (χ1v) is 10.0. The highest BCUT2D eigenvalue weighted by Gasteiger charge is 2.30. The number of benzene rings is 1. The van der Waals surface area contributed by atoms with E-state index in [4.69, 9.17) is 0 Å². The van der Waals surface area contributed by atoms with Crippen molar-refractivity contribution in [3.8, 4) is 0 Å². The lowest BCUT2D eigenvalue weighted by Crippen LogP contribution is -2.48. The van der Waals surface area contributed by atoms with Crippen LogP contribution in [0.3, 0.4) is 0 Å². The van der Waals surface area contributed by atoms with Gasteiger partial charge in [-0.15, -0.1) is 0 Å². The second kappa shape index (κ2) is 8.05. The molecule has 25 heavy (non-hydrogen) atoms. The monoisotopic (exact) mass is 378 g/mol. The molecule has 1 saturated heterocycles. The van der Waals surface area contributed by atoms with Gasteiger partial charge in [-0.1, -0.05) is 26.0 Å². The predicted octanol–water partition coefficient (Wildman–Crippen LogP) is 3.20. The summed E-state index contributed by atoms with van der Waals surface area (Å²) < 4.78 is 63.8. The van der Waals surface area contributed by atoms with E-state index in [1.165, 1.54) is 16.4 Å². The fourth-order valence-electron chi connectivity index (χ4n) is 2.74. The van der Waals surface area contributed by atoms with Crippen molar-refractivity contribution in [1.29, 1.82) is 0 Å². The van der Waals surface area contributed by atoms with Gasteiger partial charge in [0.2, 0.25) is 10.0 Å². The molecule has 0 amide bonds. The standard InChI is InChI=1S/C17H25F3N2O2S/c1-14(2)7-12-25(23,24)22-10-8-21(9-11-22)13-15-3-5-16(6-4-15)17(18,19)20/h3-6,14H,7-13H2,1-2H3. The van der Waals surface area contributed by atoms with Crippen LogP contribution in [0.1, 0.15) is 31.4 Å². The van der Waals surface area contributed by atoms with Crippen LogP contribution in [0.15, 0.2) is 24.3 Å². The second-order valence-electron chi connectivity index (χ2n) is 6.87. The van der Waals surface area contributed by atoms with Gasteiger partial charge in [-0.3, -0.25) is 4.90 Å². The van der Waals surface area contributed by atoms with Crippen molar-refractivity contribution in [2.75, 3.05) is 31.9 Å². The fraction of sp³-hybridized carbons (Fsp3) is 0.647. The van der Waals surface area contributed by atoms with Crippen LogP contribution in [0.5, 0.6) is 0 Å². The van der Waals surface area contributed by atoms with Gasteiger partial charge >= 0.3 is 6.18 Å². The molecule has 0 unspecified atom stereocenters. The van der Waals surface area contributed by atoms with Gasteiger partial charge in [0.25, 0.3) is 0 Å². The molecule has 2 rings (SSSR count). The third-order valence-corrected chi connectivity index (χ3v) is 6.27. The molecule has 4 nitrogen and oxygen atoms in total. The van der Waals surface area contributed by atoms with E-state index in [1.807, 2.05) is 13.8 Å². The number of sulfonamides is 1. The average molecular weight is 378 g/mol. The van der Waals surface area contributed by atoms with E-state index in [2.05, 4.69) is 4.90 Å². The predicted molar refractivity (Wildman–Crippen MR) is 91.5 cm³/mol. The quantitative estimate of drug-likeness (QED) is 0.763. The smallest absolute Gasteiger partial charge is 0.296 e. The second-order valence-corrected chi connectivity index (χ2v) is 8.96. The summed E-state index contributed by atoms with van der Waals surface area (Å²) in [6.45, 7) is 6.55. The van der Waals surface area contributed by atoms with E-state index in [-0.39, 0.29) is 5.75 Å². The van der Waals surface area contributed by atoms with Gasteiger partial charge in [0, 0.05) is 32.7 Å². The van der Waals surface area contributed by atoms with E-state index >= 15 is 0 Å². The average Bonchev–Trinajstić information content (AvgIpc) is 2.53. The first-order chi connectivity index (χ1) is 11.6. The largest absolute Gasteiger partial charge is 0.416 e. The molecule has 0 radical (unpaired) electrons. The molecule has 0 bridgehead atoms. The Morgan fingerprint density at radius 3 is 2.08 bits per heavy atom. The van der Waals surface area contributed by atoms with Gasteiger partial charge in [-0.2, -0.15) is 17.5 Å². The van der Waals surface area contributed by atoms with E-state index < -0.39 is 21.8 Å².